The van der Waals surface area contributed by atoms with Crippen LogP contribution in [0.15, 0.2) is 78.9 Å². The zero-order chi connectivity index (χ0) is 25.0. The Morgan fingerprint density at radius 2 is 1.57 bits per heavy atom. The molecule has 184 valence electrons. The minimum absolute atomic E-state index is 0.0443. The van der Waals surface area contributed by atoms with Gasteiger partial charge in [-0.25, -0.2) is 0 Å². The van der Waals surface area contributed by atoms with Crippen LogP contribution in [0.5, 0.6) is 0 Å². The van der Waals surface area contributed by atoms with Crippen molar-refractivity contribution < 1.29 is 9.59 Å². The number of amides is 2. The number of hydrogen-bond donors (Lipinski definition) is 1. The van der Waals surface area contributed by atoms with Crippen LogP contribution in [0.25, 0.3) is 0 Å². The molecule has 2 amide bonds. The summed E-state index contributed by atoms with van der Waals surface area (Å²) in [5.74, 6) is 0.837. The van der Waals surface area contributed by atoms with Crippen molar-refractivity contribution in [3.05, 3.63) is 106 Å². The van der Waals surface area contributed by atoms with Crippen LogP contribution >= 0.6 is 23.4 Å². The topological polar surface area (TPSA) is 49.4 Å². The van der Waals surface area contributed by atoms with Gasteiger partial charge in [0.25, 0.3) is 0 Å². The van der Waals surface area contributed by atoms with Gasteiger partial charge in [0.2, 0.25) is 11.8 Å². The van der Waals surface area contributed by atoms with Gasteiger partial charge in [-0.15, -0.1) is 11.8 Å². The number of carbonyl (C=O) groups is 2. The van der Waals surface area contributed by atoms with Crippen LogP contribution in [-0.2, 0) is 28.3 Å². The number of aryl methyl sites for hydroxylation is 1. The molecule has 0 spiro atoms. The van der Waals surface area contributed by atoms with E-state index in [1.54, 1.807) is 16.7 Å². The average Bonchev–Trinajstić information content (AvgIpc) is 2.87. The number of carbonyl (C=O) groups excluding carboxylic acids is 2. The standard InChI is InChI=1S/C29H33ClN2O2S/c1-3-17-31-29(34)27(18-23-7-5-4-6-8-23)32(19-24-11-9-22(2)10-12-24)28(33)21-35-20-25-13-15-26(30)16-14-25/h4-16,27H,3,17-21H2,1-2H3,(H,31,34)/t27-/m0/s1. The van der Waals surface area contributed by atoms with E-state index in [-0.39, 0.29) is 11.8 Å². The highest BCUT2D eigenvalue weighted by molar-refractivity contribution is 7.99. The number of nitrogens with zero attached hydrogens (tertiary/aromatic N) is 1. The Bertz CT molecular complexity index is 1070. The van der Waals surface area contributed by atoms with Crippen molar-refractivity contribution in [1.82, 2.24) is 10.2 Å². The molecule has 1 atom stereocenters. The van der Waals surface area contributed by atoms with E-state index in [9.17, 15) is 9.59 Å². The molecule has 0 bridgehead atoms. The first-order chi connectivity index (χ1) is 17.0. The zero-order valence-electron chi connectivity index (χ0n) is 20.4. The van der Waals surface area contributed by atoms with Gasteiger partial charge in [-0.3, -0.25) is 9.59 Å². The van der Waals surface area contributed by atoms with Gasteiger partial charge in [0.15, 0.2) is 0 Å². The maximum absolute atomic E-state index is 13.6. The Kier molecular flexibility index (Phi) is 10.7. The summed E-state index contributed by atoms with van der Waals surface area (Å²) in [6.45, 7) is 5.03. The van der Waals surface area contributed by atoms with Gasteiger partial charge < -0.3 is 10.2 Å². The lowest BCUT2D eigenvalue weighted by atomic mass is 10.0. The molecule has 0 heterocycles. The summed E-state index contributed by atoms with van der Waals surface area (Å²) in [4.78, 5) is 28.6. The molecule has 3 aromatic rings. The highest BCUT2D eigenvalue weighted by Crippen LogP contribution is 2.20. The molecule has 6 heteroatoms. The quantitative estimate of drug-likeness (QED) is 0.324. The molecule has 0 radical (unpaired) electrons. The normalized spacial score (nSPS) is 11.6. The van der Waals surface area contributed by atoms with E-state index in [1.807, 2.05) is 92.7 Å². The summed E-state index contributed by atoms with van der Waals surface area (Å²) in [5, 5.41) is 3.71. The monoisotopic (exact) mass is 508 g/mol. The second kappa shape index (κ2) is 14.0. The number of hydrogen-bond acceptors (Lipinski definition) is 3. The molecule has 1 N–H and O–H groups in total. The minimum atomic E-state index is -0.589. The molecule has 0 aliphatic carbocycles. The SMILES string of the molecule is CCCNC(=O)[C@H](Cc1ccccc1)N(Cc1ccc(C)cc1)C(=O)CSCc1ccc(Cl)cc1. The fourth-order valence-electron chi connectivity index (χ4n) is 3.73. The summed E-state index contributed by atoms with van der Waals surface area (Å²) in [6.07, 6.45) is 1.31. The Morgan fingerprint density at radius 3 is 2.23 bits per heavy atom. The second-order valence-corrected chi connectivity index (χ2v) is 10.0. The van der Waals surface area contributed by atoms with E-state index >= 15 is 0 Å². The van der Waals surface area contributed by atoms with Crippen LogP contribution < -0.4 is 5.32 Å². The van der Waals surface area contributed by atoms with E-state index in [2.05, 4.69) is 5.32 Å². The molecule has 0 aliphatic heterocycles. The largest absolute Gasteiger partial charge is 0.354 e. The lowest BCUT2D eigenvalue weighted by Gasteiger charge is -2.31. The number of nitrogens with one attached hydrogen (secondary N) is 1. The van der Waals surface area contributed by atoms with Crippen molar-refractivity contribution in [3.63, 3.8) is 0 Å². The molecule has 0 aromatic heterocycles. The Balaban J connectivity index is 1.81. The van der Waals surface area contributed by atoms with Gasteiger partial charge in [0.05, 0.1) is 5.75 Å². The molecule has 35 heavy (non-hydrogen) atoms. The number of thioether (sulfide) groups is 1. The van der Waals surface area contributed by atoms with E-state index in [0.717, 1.165) is 28.7 Å². The Morgan fingerprint density at radius 1 is 0.914 bits per heavy atom. The highest BCUT2D eigenvalue weighted by Gasteiger charge is 2.30. The van der Waals surface area contributed by atoms with Crippen LogP contribution in [-0.4, -0.2) is 35.1 Å². The molecular weight excluding hydrogens is 476 g/mol. The fraction of sp³-hybridized carbons (Fsp3) is 0.310. The molecule has 3 aromatic carbocycles. The molecule has 0 saturated carbocycles. The summed E-state index contributed by atoms with van der Waals surface area (Å²) in [6, 6.07) is 25.1. The second-order valence-electron chi connectivity index (χ2n) is 8.62. The maximum atomic E-state index is 13.6. The van der Waals surface area contributed by atoms with Crippen LogP contribution in [0.4, 0.5) is 0 Å². The van der Waals surface area contributed by atoms with Gasteiger partial charge in [-0.2, -0.15) is 0 Å². The predicted molar refractivity (Wildman–Crippen MR) is 147 cm³/mol. The summed E-state index contributed by atoms with van der Waals surface area (Å²) in [5.41, 5.74) is 4.30. The Hall–Kier alpha value is -2.76. The van der Waals surface area contributed by atoms with E-state index < -0.39 is 6.04 Å². The lowest BCUT2D eigenvalue weighted by Crippen LogP contribution is -2.51. The molecule has 4 nitrogen and oxygen atoms in total. The summed E-state index contributed by atoms with van der Waals surface area (Å²) >= 11 is 7.54. The third-order valence-corrected chi connectivity index (χ3v) is 6.94. The van der Waals surface area contributed by atoms with Crippen LogP contribution in [0, 0.1) is 6.92 Å². The number of rotatable bonds is 12. The zero-order valence-corrected chi connectivity index (χ0v) is 21.9. The Labute approximate surface area is 218 Å². The van der Waals surface area contributed by atoms with Crippen molar-refractivity contribution in [1.29, 1.82) is 0 Å². The smallest absolute Gasteiger partial charge is 0.243 e. The third kappa shape index (κ3) is 8.75. The minimum Gasteiger partial charge on any atom is -0.354 e. The maximum Gasteiger partial charge on any atom is 0.243 e. The molecule has 0 aliphatic rings. The fourth-order valence-corrected chi connectivity index (χ4v) is 4.73. The van der Waals surface area contributed by atoms with Gasteiger partial charge >= 0.3 is 0 Å². The van der Waals surface area contributed by atoms with Crippen molar-refractivity contribution >= 4 is 35.2 Å². The third-order valence-electron chi connectivity index (χ3n) is 5.70. The van der Waals surface area contributed by atoms with Crippen LogP contribution in [0.3, 0.4) is 0 Å². The summed E-state index contributed by atoms with van der Waals surface area (Å²) < 4.78 is 0. The number of halogens is 1. The molecule has 0 unspecified atom stereocenters. The molecule has 0 saturated heterocycles. The van der Waals surface area contributed by atoms with Gasteiger partial charge in [0, 0.05) is 30.3 Å². The van der Waals surface area contributed by atoms with Crippen molar-refractivity contribution in [3.8, 4) is 0 Å². The van der Waals surface area contributed by atoms with Crippen LogP contribution in [0.1, 0.15) is 35.6 Å². The molecule has 3 rings (SSSR count). The number of benzene rings is 3. The van der Waals surface area contributed by atoms with E-state index in [0.29, 0.717) is 36.0 Å². The lowest BCUT2D eigenvalue weighted by molar-refractivity contribution is -0.139. The summed E-state index contributed by atoms with van der Waals surface area (Å²) in [7, 11) is 0. The first-order valence-corrected chi connectivity index (χ1v) is 13.5. The van der Waals surface area contributed by atoms with Gasteiger partial charge in [0.1, 0.15) is 6.04 Å². The van der Waals surface area contributed by atoms with Crippen molar-refractivity contribution in [2.75, 3.05) is 12.3 Å². The van der Waals surface area contributed by atoms with Gasteiger partial charge in [-0.1, -0.05) is 90.8 Å². The molecular formula is C29H33ClN2O2S. The van der Waals surface area contributed by atoms with Crippen molar-refractivity contribution in [2.45, 2.75) is 45.0 Å². The van der Waals surface area contributed by atoms with Gasteiger partial charge in [-0.05, 0) is 42.2 Å². The molecule has 0 fully saturated rings. The first-order valence-electron chi connectivity index (χ1n) is 11.9. The van der Waals surface area contributed by atoms with E-state index in [4.69, 9.17) is 11.6 Å². The predicted octanol–water partition coefficient (Wildman–Crippen LogP) is 6.05. The van der Waals surface area contributed by atoms with E-state index in [1.165, 1.54) is 0 Å². The average molecular weight is 509 g/mol. The van der Waals surface area contributed by atoms with Crippen molar-refractivity contribution in [2.24, 2.45) is 0 Å². The van der Waals surface area contributed by atoms with Crippen LogP contribution in [0.2, 0.25) is 5.02 Å². The highest BCUT2D eigenvalue weighted by atomic mass is 35.5. The first kappa shape index (κ1) is 26.8.